The van der Waals surface area contributed by atoms with Crippen molar-refractivity contribution in [1.29, 1.82) is 0 Å². The third-order valence-corrected chi connectivity index (χ3v) is 4.95. The first-order chi connectivity index (χ1) is 15.1. The molecule has 0 saturated heterocycles. The van der Waals surface area contributed by atoms with E-state index in [-0.39, 0.29) is 18.6 Å². The highest BCUT2D eigenvalue weighted by Crippen LogP contribution is 2.14. The SMILES string of the molecule is C[C@H](NC(=O)COC(=O)c1ccc(Cn2nnc3ccccc32)cc1)c1ccccc1. The third kappa shape index (κ3) is 4.95. The molecule has 0 aliphatic carbocycles. The van der Waals surface area contributed by atoms with E-state index in [0.717, 1.165) is 22.2 Å². The minimum absolute atomic E-state index is 0.167. The summed E-state index contributed by atoms with van der Waals surface area (Å²) in [5.74, 6) is -0.889. The van der Waals surface area contributed by atoms with Crippen LogP contribution in [0.5, 0.6) is 0 Å². The molecule has 1 heterocycles. The molecule has 0 radical (unpaired) electrons. The highest BCUT2D eigenvalue weighted by Gasteiger charge is 2.13. The molecule has 0 spiro atoms. The molecule has 7 heteroatoms. The van der Waals surface area contributed by atoms with Gasteiger partial charge in [0, 0.05) is 0 Å². The van der Waals surface area contributed by atoms with Crippen molar-refractivity contribution < 1.29 is 14.3 Å². The number of fused-ring (bicyclic) bond motifs is 1. The molecule has 156 valence electrons. The predicted molar refractivity (Wildman–Crippen MR) is 116 cm³/mol. The zero-order chi connectivity index (χ0) is 21.6. The van der Waals surface area contributed by atoms with E-state index in [9.17, 15) is 9.59 Å². The maximum Gasteiger partial charge on any atom is 0.338 e. The lowest BCUT2D eigenvalue weighted by molar-refractivity contribution is -0.124. The van der Waals surface area contributed by atoms with Gasteiger partial charge in [0.2, 0.25) is 0 Å². The molecule has 4 rings (SSSR count). The van der Waals surface area contributed by atoms with Crippen molar-refractivity contribution in [3.8, 4) is 0 Å². The third-order valence-electron chi connectivity index (χ3n) is 4.95. The quantitative estimate of drug-likeness (QED) is 0.468. The summed E-state index contributed by atoms with van der Waals surface area (Å²) in [5.41, 5.74) is 4.12. The summed E-state index contributed by atoms with van der Waals surface area (Å²) >= 11 is 0. The van der Waals surface area contributed by atoms with Gasteiger partial charge in [0.15, 0.2) is 6.61 Å². The Labute approximate surface area is 179 Å². The van der Waals surface area contributed by atoms with Gasteiger partial charge in [-0.3, -0.25) is 4.79 Å². The first kappa shape index (κ1) is 20.3. The molecule has 3 aromatic carbocycles. The topological polar surface area (TPSA) is 86.1 Å². The van der Waals surface area contributed by atoms with Crippen molar-refractivity contribution in [3.63, 3.8) is 0 Å². The highest BCUT2D eigenvalue weighted by atomic mass is 16.5. The Morgan fingerprint density at radius 1 is 0.968 bits per heavy atom. The fraction of sp³-hybridized carbons (Fsp3) is 0.167. The summed E-state index contributed by atoms with van der Waals surface area (Å²) in [6, 6.07) is 24.2. The number of rotatable bonds is 7. The van der Waals surface area contributed by atoms with Crippen LogP contribution in [0.1, 0.15) is 34.5 Å². The van der Waals surface area contributed by atoms with Crippen molar-refractivity contribution in [3.05, 3.63) is 95.6 Å². The summed E-state index contributed by atoms with van der Waals surface area (Å²) in [4.78, 5) is 24.4. The van der Waals surface area contributed by atoms with Crippen molar-refractivity contribution in [1.82, 2.24) is 20.3 Å². The normalized spacial score (nSPS) is 11.8. The van der Waals surface area contributed by atoms with Crippen LogP contribution in [0.25, 0.3) is 11.0 Å². The number of amides is 1. The van der Waals surface area contributed by atoms with Crippen LogP contribution < -0.4 is 5.32 Å². The van der Waals surface area contributed by atoms with Crippen LogP contribution in [-0.4, -0.2) is 33.5 Å². The van der Waals surface area contributed by atoms with Crippen LogP contribution >= 0.6 is 0 Å². The van der Waals surface area contributed by atoms with Crippen LogP contribution in [-0.2, 0) is 16.1 Å². The molecule has 1 aromatic heterocycles. The molecular formula is C24H22N4O3. The molecule has 0 unspecified atom stereocenters. The van der Waals surface area contributed by atoms with Crippen molar-refractivity contribution in [2.45, 2.75) is 19.5 Å². The van der Waals surface area contributed by atoms with E-state index in [2.05, 4.69) is 15.6 Å². The number of aromatic nitrogens is 3. The number of hydrogen-bond donors (Lipinski definition) is 1. The number of carbonyl (C=O) groups excluding carboxylic acids is 2. The molecule has 0 aliphatic heterocycles. The smallest absolute Gasteiger partial charge is 0.338 e. The minimum atomic E-state index is -0.541. The van der Waals surface area contributed by atoms with Gasteiger partial charge in [-0.05, 0) is 42.3 Å². The van der Waals surface area contributed by atoms with Crippen LogP contribution in [0.4, 0.5) is 0 Å². The number of hydrogen-bond acceptors (Lipinski definition) is 5. The summed E-state index contributed by atoms with van der Waals surface area (Å²) in [7, 11) is 0. The molecular weight excluding hydrogens is 392 g/mol. The lowest BCUT2D eigenvalue weighted by Crippen LogP contribution is -2.31. The molecule has 0 fully saturated rings. The Balaban J connectivity index is 1.30. The lowest BCUT2D eigenvalue weighted by atomic mass is 10.1. The van der Waals surface area contributed by atoms with Gasteiger partial charge in [-0.1, -0.05) is 59.8 Å². The second-order valence-electron chi connectivity index (χ2n) is 7.21. The minimum Gasteiger partial charge on any atom is -0.452 e. The first-order valence-electron chi connectivity index (χ1n) is 9.99. The van der Waals surface area contributed by atoms with Gasteiger partial charge >= 0.3 is 5.97 Å². The summed E-state index contributed by atoms with van der Waals surface area (Å²) in [6.45, 7) is 2.09. The number of carbonyl (C=O) groups is 2. The molecule has 1 amide bonds. The number of nitrogens with one attached hydrogen (secondary N) is 1. The van der Waals surface area contributed by atoms with Gasteiger partial charge in [-0.15, -0.1) is 5.10 Å². The zero-order valence-electron chi connectivity index (χ0n) is 17.1. The molecule has 0 saturated carbocycles. The van der Waals surface area contributed by atoms with E-state index in [4.69, 9.17) is 4.74 Å². The Bertz CT molecular complexity index is 1190. The van der Waals surface area contributed by atoms with E-state index in [1.807, 2.05) is 73.7 Å². The average Bonchev–Trinajstić information content (AvgIpc) is 3.21. The Hall–Kier alpha value is -4.00. The van der Waals surface area contributed by atoms with Gasteiger partial charge in [-0.2, -0.15) is 0 Å². The van der Waals surface area contributed by atoms with Crippen LogP contribution in [0.2, 0.25) is 0 Å². The van der Waals surface area contributed by atoms with E-state index in [1.54, 1.807) is 16.8 Å². The van der Waals surface area contributed by atoms with Gasteiger partial charge in [0.25, 0.3) is 5.91 Å². The number of benzene rings is 3. The molecule has 0 bridgehead atoms. The van der Waals surface area contributed by atoms with Crippen LogP contribution in [0.3, 0.4) is 0 Å². The number of para-hydroxylation sites is 1. The number of nitrogens with zero attached hydrogens (tertiary/aromatic N) is 3. The number of ether oxygens (including phenoxy) is 1. The van der Waals surface area contributed by atoms with Crippen LogP contribution in [0.15, 0.2) is 78.9 Å². The molecule has 1 N–H and O–H groups in total. The maximum atomic E-state index is 12.3. The molecule has 4 aromatic rings. The van der Waals surface area contributed by atoms with E-state index in [1.165, 1.54) is 0 Å². The van der Waals surface area contributed by atoms with Crippen molar-refractivity contribution in [2.75, 3.05) is 6.61 Å². The first-order valence-corrected chi connectivity index (χ1v) is 9.99. The zero-order valence-corrected chi connectivity index (χ0v) is 17.1. The van der Waals surface area contributed by atoms with Crippen LogP contribution in [0, 0.1) is 0 Å². The Kier molecular flexibility index (Phi) is 6.03. The summed E-state index contributed by atoms with van der Waals surface area (Å²) < 4.78 is 6.96. The van der Waals surface area contributed by atoms with Crippen molar-refractivity contribution >= 4 is 22.9 Å². The lowest BCUT2D eigenvalue weighted by Gasteiger charge is -2.14. The Morgan fingerprint density at radius 2 is 1.68 bits per heavy atom. The fourth-order valence-electron chi connectivity index (χ4n) is 3.28. The monoisotopic (exact) mass is 414 g/mol. The van der Waals surface area contributed by atoms with E-state index >= 15 is 0 Å². The molecule has 31 heavy (non-hydrogen) atoms. The molecule has 7 nitrogen and oxygen atoms in total. The fourth-order valence-corrected chi connectivity index (χ4v) is 3.28. The van der Waals surface area contributed by atoms with E-state index in [0.29, 0.717) is 12.1 Å². The standard InChI is InChI=1S/C24H22N4O3/c1-17(19-7-3-2-4-8-19)25-23(29)16-31-24(30)20-13-11-18(12-14-20)15-28-22-10-6-5-9-21(22)26-27-28/h2-14,17H,15-16H2,1H3,(H,25,29)/t17-/m0/s1. The summed E-state index contributed by atoms with van der Waals surface area (Å²) in [6.07, 6.45) is 0. The average molecular weight is 414 g/mol. The van der Waals surface area contributed by atoms with Crippen molar-refractivity contribution in [2.24, 2.45) is 0 Å². The predicted octanol–water partition coefficient (Wildman–Crippen LogP) is 3.51. The highest BCUT2D eigenvalue weighted by molar-refractivity contribution is 5.91. The summed E-state index contributed by atoms with van der Waals surface area (Å²) in [5, 5.41) is 11.1. The van der Waals surface area contributed by atoms with Gasteiger partial charge in [-0.25, -0.2) is 9.48 Å². The Morgan fingerprint density at radius 3 is 2.45 bits per heavy atom. The van der Waals surface area contributed by atoms with Gasteiger partial charge < -0.3 is 10.1 Å². The molecule has 0 aliphatic rings. The second-order valence-corrected chi connectivity index (χ2v) is 7.21. The number of esters is 1. The van der Waals surface area contributed by atoms with Gasteiger partial charge in [0.05, 0.1) is 23.7 Å². The molecule has 1 atom stereocenters. The largest absolute Gasteiger partial charge is 0.452 e. The maximum absolute atomic E-state index is 12.3. The van der Waals surface area contributed by atoms with E-state index < -0.39 is 5.97 Å². The van der Waals surface area contributed by atoms with Gasteiger partial charge in [0.1, 0.15) is 5.52 Å². The second kappa shape index (κ2) is 9.21.